The topological polar surface area (TPSA) is 24.1 Å². The molecule has 0 bridgehead atoms. The number of hydrogen-bond donors (Lipinski definition) is 2. The van der Waals surface area contributed by atoms with Gasteiger partial charge >= 0.3 is 0 Å². The Morgan fingerprint density at radius 2 is 1.88 bits per heavy atom. The van der Waals surface area contributed by atoms with Gasteiger partial charge in [-0.3, -0.25) is 10.6 Å². The summed E-state index contributed by atoms with van der Waals surface area (Å²) >= 11 is 5.66. The highest BCUT2D eigenvalue weighted by Gasteiger charge is 2.12. The van der Waals surface area contributed by atoms with Crippen molar-refractivity contribution in [3.05, 3.63) is 0 Å². The van der Waals surface area contributed by atoms with Crippen molar-refractivity contribution >= 4 is 11.6 Å². The van der Waals surface area contributed by atoms with Gasteiger partial charge in [0.2, 0.25) is 0 Å². The number of halogens is 1. The number of hydrogen-bond acceptors (Lipinski definition) is 2. The first-order chi connectivity index (χ1) is 3.79. The maximum absolute atomic E-state index is 5.66. The molecule has 2 N–H and O–H groups in total. The molecule has 2 nitrogen and oxygen atoms in total. The molecule has 0 saturated carbocycles. The Morgan fingerprint density at radius 1 is 1.38 bits per heavy atom. The Hall–Kier alpha value is 0.210. The average Bonchev–Trinajstić information content (AvgIpc) is 1.77. The minimum absolute atomic E-state index is 0.00815. The van der Waals surface area contributed by atoms with E-state index in [4.69, 9.17) is 11.6 Å². The first-order valence-corrected chi connectivity index (χ1v) is 3.33. The molecule has 0 unspecified atom stereocenters. The first kappa shape index (κ1) is 6.33. The van der Waals surface area contributed by atoms with Crippen LogP contribution in [0, 0.1) is 5.92 Å². The predicted molar refractivity (Wildman–Crippen MR) is 34.8 cm³/mol. The summed E-state index contributed by atoms with van der Waals surface area (Å²) in [6.45, 7) is 4.24. The fraction of sp³-hybridized carbons (Fsp3) is 1.00. The minimum atomic E-state index is -0.00815. The monoisotopic (exact) mass is 134 g/mol. The zero-order valence-electron chi connectivity index (χ0n) is 4.95. The van der Waals surface area contributed by atoms with Gasteiger partial charge < -0.3 is 0 Å². The molecule has 1 fully saturated rings. The van der Waals surface area contributed by atoms with Crippen molar-refractivity contribution in [2.75, 3.05) is 13.1 Å². The van der Waals surface area contributed by atoms with Crippen LogP contribution in [0.1, 0.15) is 6.92 Å². The maximum Gasteiger partial charge on any atom is 0.135 e. The molecule has 3 heteroatoms. The maximum atomic E-state index is 5.66. The molecule has 0 aromatic rings. The third kappa shape index (κ3) is 1.62. The lowest BCUT2D eigenvalue weighted by Gasteiger charge is -2.24. The molecule has 0 atom stereocenters. The van der Waals surface area contributed by atoms with Gasteiger partial charge in [-0.1, -0.05) is 18.5 Å². The summed E-state index contributed by atoms with van der Waals surface area (Å²) in [7, 11) is 0. The SMILES string of the molecule is CC1CNC(Cl)NC1. The van der Waals surface area contributed by atoms with Gasteiger partial charge in [0, 0.05) is 13.1 Å². The third-order valence-corrected chi connectivity index (χ3v) is 1.60. The highest BCUT2D eigenvalue weighted by atomic mass is 35.5. The van der Waals surface area contributed by atoms with Crippen molar-refractivity contribution in [1.82, 2.24) is 10.6 Å². The largest absolute Gasteiger partial charge is 0.289 e. The molecule has 0 spiro atoms. The summed E-state index contributed by atoms with van der Waals surface area (Å²) in [4.78, 5) is 0. The molecule has 1 saturated heterocycles. The van der Waals surface area contributed by atoms with Crippen molar-refractivity contribution in [2.24, 2.45) is 5.92 Å². The van der Waals surface area contributed by atoms with Crippen LogP contribution in [-0.2, 0) is 0 Å². The van der Waals surface area contributed by atoms with Gasteiger partial charge in [0.15, 0.2) is 0 Å². The number of alkyl halides is 1. The van der Waals surface area contributed by atoms with E-state index in [1.807, 2.05) is 0 Å². The highest BCUT2D eigenvalue weighted by molar-refractivity contribution is 6.20. The van der Waals surface area contributed by atoms with Crippen LogP contribution in [0.25, 0.3) is 0 Å². The molecule has 0 aliphatic carbocycles. The quantitative estimate of drug-likeness (QED) is 0.369. The Labute approximate surface area is 54.6 Å². The van der Waals surface area contributed by atoms with Gasteiger partial charge in [-0.25, -0.2) is 0 Å². The molecule has 1 rings (SSSR count). The van der Waals surface area contributed by atoms with E-state index in [1.54, 1.807) is 0 Å². The summed E-state index contributed by atoms with van der Waals surface area (Å²) in [5.74, 6) is 0.713. The molecule has 0 amide bonds. The van der Waals surface area contributed by atoms with E-state index < -0.39 is 0 Å². The van der Waals surface area contributed by atoms with Crippen LogP contribution in [0.5, 0.6) is 0 Å². The number of nitrogens with one attached hydrogen (secondary N) is 2. The summed E-state index contributed by atoms with van der Waals surface area (Å²) in [6, 6.07) is 0. The van der Waals surface area contributed by atoms with E-state index in [1.165, 1.54) is 0 Å². The van der Waals surface area contributed by atoms with Crippen LogP contribution in [0.4, 0.5) is 0 Å². The van der Waals surface area contributed by atoms with Crippen LogP contribution in [0.15, 0.2) is 0 Å². The molecule has 8 heavy (non-hydrogen) atoms. The van der Waals surface area contributed by atoms with Crippen LogP contribution < -0.4 is 10.6 Å². The lowest BCUT2D eigenvalue weighted by Crippen LogP contribution is -2.48. The second-order valence-electron chi connectivity index (χ2n) is 2.28. The molecule has 0 aromatic heterocycles. The van der Waals surface area contributed by atoms with Crippen LogP contribution in [-0.4, -0.2) is 18.7 Å². The average molecular weight is 135 g/mol. The fourth-order valence-corrected chi connectivity index (χ4v) is 0.932. The molecular weight excluding hydrogens is 124 g/mol. The van der Waals surface area contributed by atoms with Crippen molar-refractivity contribution < 1.29 is 0 Å². The zero-order chi connectivity index (χ0) is 5.98. The molecular formula is C5H11ClN2. The molecule has 0 radical (unpaired) electrons. The Bertz CT molecular complexity index is 58.8. The molecule has 1 aliphatic rings. The standard InChI is InChI=1S/C5H11ClN2/c1-4-2-7-5(6)8-3-4/h4-5,7-8H,2-3H2,1H3. The second-order valence-corrected chi connectivity index (χ2v) is 2.72. The fourth-order valence-electron chi connectivity index (χ4n) is 0.754. The normalized spacial score (nSPS) is 39.8. The molecule has 0 aromatic carbocycles. The van der Waals surface area contributed by atoms with E-state index in [-0.39, 0.29) is 5.62 Å². The Morgan fingerprint density at radius 3 is 2.25 bits per heavy atom. The number of rotatable bonds is 0. The van der Waals surface area contributed by atoms with E-state index >= 15 is 0 Å². The summed E-state index contributed by atoms with van der Waals surface area (Å²) in [5, 5.41) is 6.17. The van der Waals surface area contributed by atoms with Crippen LogP contribution in [0.3, 0.4) is 0 Å². The molecule has 1 aliphatic heterocycles. The summed E-state index contributed by atoms with van der Waals surface area (Å²) < 4.78 is 0. The van der Waals surface area contributed by atoms with Crippen molar-refractivity contribution in [1.29, 1.82) is 0 Å². The minimum Gasteiger partial charge on any atom is -0.289 e. The Balaban J connectivity index is 2.19. The highest BCUT2D eigenvalue weighted by Crippen LogP contribution is 1.98. The molecule has 1 heterocycles. The second kappa shape index (κ2) is 2.67. The lowest BCUT2D eigenvalue weighted by molar-refractivity contribution is 0.371. The predicted octanol–water partition coefficient (Wildman–Crippen LogP) is 0.338. The first-order valence-electron chi connectivity index (χ1n) is 2.90. The van der Waals surface area contributed by atoms with E-state index in [0.717, 1.165) is 13.1 Å². The summed E-state index contributed by atoms with van der Waals surface area (Å²) in [6.07, 6.45) is 0. The smallest absolute Gasteiger partial charge is 0.135 e. The zero-order valence-corrected chi connectivity index (χ0v) is 5.70. The third-order valence-electron chi connectivity index (χ3n) is 1.29. The van der Waals surface area contributed by atoms with Gasteiger partial charge in [-0.15, -0.1) is 0 Å². The summed E-state index contributed by atoms with van der Waals surface area (Å²) in [5.41, 5.74) is -0.00815. The van der Waals surface area contributed by atoms with Gasteiger partial charge in [0.25, 0.3) is 0 Å². The van der Waals surface area contributed by atoms with Crippen LogP contribution >= 0.6 is 11.6 Å². The van der Waals surface area contributed by atoms with Gasteiger partial charge in [0.1, 0.15) is 5.62 Å². The Kier molecular flexibility index (Phi) is 2.11. The van der Waals surface area contributed by atoms with Crippen molar-refractivity contribution in [2.45, 2.75) is 12.5 Å². The lowest BCUT2D eigenvalue weighted by atomic mass is 10.1. The van der Waals surface area contributed by atoms with E-state index in [0.29, 0.717) is 5.92 Å². The van der Waals surface area contributed by atoms with Crippen molar-refractivity contribution in [3.63, 3.8) is 0 Å². The van der Waals surface area contributed by atoms with Gasteiger partial charge in [-0.2, -0.15) is 0 Å². The van der Waals surface area contributed by atoms with Gasteiger partial charge in [-0.05, 0) is 5.92 Å². The van der Waals surface area contributed by atoms with Gasteiger partial charge in [0.05, 0.1) is 0 Å². The van der Waals surface area contributed by atoms with Crippen molar-refractivity contribution in [3.8, 4) is 0 Å². The van der Waals surface area contributed by atoms with E-state index in [2.05, 4.69) is 17.6 Å². The van der Waals surface area contributed by atoms with E-state index in [9.17, 15) is 0 Å². The molecule has 48 valence electrons. The van der Waals surface area contributed by atoms with Crippen LogP contribution in [0.2, 0.25) is 0 Å².